The Labute approximate surface area is 48.9 Å². The highest BCUT2D eigenvalue weighted by molar-refractivity contribution is 5.85. The Kier molecular flexibility index (Phi) is 5.31. The lowest BCUT2D eigenvalue weighted by atomic mass is 10.7. The normalized spacial score (nSPS) is 10.5. The van der Waals surface area contributed by atoms with Crippen LogP contribution in [-0.4, -0.2) is 12.8 Å². The van der Waals surface area contributed by atoms with Crippen LogP contribution in [0.4, 0.5) is 17.7 Å². The molecule has 0 rings (SSSR count). The molecule has 0 aliphatic rings. The maximum atomic E-state index is 10.7. The lowest BCUT2D eigenvalue weighted by Crippen LogP contribution is -2.13. The van der Waals surface area contributed by atoms with Gasteiger partial charge in [-0.1, -0.05) is 0 Å². The number of alkyl halides is 3. The molecule has 8 heavy (non-hydrogen) atoms. The topological polar surface area (TPSA) is 9.23 Å². The van der Waals surface area contributed by atoms with Gasteiger partial charge in [0.25, 0.3) is 0 Å². The zero-order valence-electron chi connectivity index (χ0n) is 3.54. The monoisotopic (exact) mass is 154 g/mol. The van der Waals surface area contributed by atoms with Crippen LogP contribution in [0.3, 0.4) is 0 Å². The van der Waals surface area contributed by atoms with Gasteiger partial charge < -0.3 is 0 Å². The molecule has 6 heteroatoms. The van der Waals surface area contributed by atoms with Crippen LogP contribution < -0.4 is 0 Å². The smallest absolute Gasteiger partial charge is 0.185 e. The fraction of sp³-hybridized carbons (Fsp3) is 1.00. The lowest BCUT2D eigenvalue weighted by molar-refractivity contribution is -0.245. The molecule has 0 aromatic carbocycles. The van der Waals surface area contributed by atoms with E-state index in [2.05, 4.69) is 4.94 Å². The molecule has 1 nitrogen and oxygen atoms in total. The van der Waals surface area contributed by atoms with Crippen LogP contribution in [0.5, 0.6) is 0 Å². The predicted molar refractivity (Wildman–Crippen MR) is 20.4 cm³/mol. The first kappa shape index (κ1) is 10.9. The van der Waals surface area contributed by atoms with Gasteiger partial charge in [-0.25, -0.2) is 0 Å². The first-order valence-electron chi connectivity index (χ1n) is 1.36. The van der Waals surface area contributed by atoms with E-state index in [1.807, 2.05) is 0 Å². The molecule has 0 spiro atoms. The first-order chi connectivity index (χ1) is 3.06. The number of hydrogen-bond acceptors (Lipinski definition) is 1. The average Bonchev–Trinajstić information content (AvgIpc) is 1.30. The van der Waals surface area contributed by atoms with E-state index in [1.54, 1.807) is 0 Å². The van der Waals surface area contributed by atoms with E-state index in [0.29, 0.717) is 0 Å². The molecule has 0 saturated carbocycles. The van der Waals surface area contributed by atoms with Crippen molar-refractivity contribution in [2.75, 3.05) is 6.61 Å². The summed E-state index contributed by atoms with van der Waals surface area (Å²) >= 11 is 0. The zero-order chi connectivity index (χ0) is 5.91. The van der Waals surface area contributed by atoms with E-state index in [4.69, 9.17) is 0 Å². The fourth-order valence-electron chi connectivity index (χ4n) is 0.0619. The average molecular weight is 154 g/mol. The van der Waals surface area contributed by atoms with E-state index in [1.165, 1.54) is 0 Å². The molecule has 0 bridgehead atoms. The second-order valence-corrected chi connectivity index (χ2v) is 0.869. The van der Waals surface area contributed by atoms with E-state index in [-0.39, 0.29) is 12.4 Å². The van der Waals surface area contributed by atoms with Crippen LogP contribution in [0, 0.1) is 0 Å². The maximum Gasteiger partial charge on any atom is 0.415 e. The second kappa shape index (κ2) is 3.91. The highest BCUT2D eigenvalue weighted by atomic mass is 35.5. The summed E-state index contributed by atoms with van der Waals surface area (Å²) in [5.74, 6) is 0. The fourth-order valence-corrected chi connectivity index (χ4v) is 0.0619. The third kappa shape index (κ3) is 9.36. The predicted octanol–water partition coefficient (Wildman–Crippen LogP) is 1.87. The molecule has 0 radical (unpaired) electrons. The molecular weight excluding hydrogens is 151 g/mol. The summed E-state index contributed by atoms with van der Waals surface area (Å²) in [5.41, 5.74) is 0. The van der Waals surface area contributed by atoms with Crippen molar-refractivity contribution in [2.45, 2.75) is 6.18 Å². The van der Waals surface area contributed by atoms with Crippen molar-refractivity contribution in [3.63, 3.8) is 0 Å². The first-order valence-corrected chi connectivity index (χ1v) is 1.36. The zero-order valence-corrected chi connectivity index (χ0v) is 4.35. The molecule has 0 amide bonds. The van der Waals surface area contributed by atoms with Gasteiger partial charge in [0.15, 0.2) is 6.61 Å². The van der Waals surface area contributed by atoms with Gasteiger partial charge >= 0.3 is 6.18 Å². The summed E-state index contributed by atoms with van der Waals surface area (Å²) < 4.78 is 42.3. The Morgan fingerprint density at radius 1 is 1.25 bits per heavy atom. The highest BCUT2D eigenvalue weighted by Crippen LogP contribution is 2.13. The minimum absolute atomic E-state index is 0. The van der Waals surface area contributed by atoms with E-state index >= 15 is 0 Å². The minimum atomic E-state index is -4.55. The molecular formula is C2H3ClF4O. The van der Waals surface area contributed by atoms with E-state index in [9.17, 15) is 17.7 Å². The van der Waals surface area contributed by atoms with Crippen LogP contribution >= 0.6 is 12.4 Å². The number of rotatable bonds is 1. The quantitative estimate of drug-likeness (QED) is 0.524. The molecule has 0 aliphatic heterocycles. The second-order valence-electron chi connectivity index (χ2n) is 0.869. The van der Waals surface area contributed by atoms with Crippen LogP contribution in [0.2, 0.25) is 0 Å². The molecule has 0 heterocycles. The molecule has 0 aromatic heterocycles. The summed E-state index contributed by atoms with van der Waals surface area (Å²) in [6.45, 7) is -1.83. The van der Waals surface area contributed by atoms with Gasteiger partial charge in [-0.2, -0.15) is 18.1 Å². The lowest BCUT2D eigenvalue weighted by Gasteiger charge is -1.97. The third-order valence-electron chi connectivity index (χ3n) is 0.218. The molecule has 0 unspecified atom stereocenters. The Morgan fingerprint density at radius 2 is 1.62 bits per heavy atom. The molecule has 0 aliphatic carbocycles. The highest BCUT2D eigenvalue weighted by Gasteiger charge is 2.27. The van der Waals surface area contributed by atoms with Crippen LogP contribution in [0.25, 0.3) is 0 Å². The van der Waals surface area contributed by atoms with Crippen molar-refractivity contribution in [1.29, 1.82) is 0 Å². The van der Waals surface area contributed by atoms with Crippen LogP contribution in [0.15, 0.2) is 0 Å². The third-order valence-corrected chi connectivity index (χ3v) is 0.218. The standard InChI is InChI=1S/C2H2F4O.ClH/c3-2(4,5)1-7-6;/h1H2;1H. The van der Waals surface area contributed by atoms with Crippen molar-refractivity contribution in [2.24, 2.45) is 0 Å². The van der Waals surface area contributed by atoms with Gasteiger partial charge in [0.2, 0.25) is 0 Å². The molecule has 0 aromatic rings. The molecule has 0 N–H and O–H groups in total. The van der Waals surface area contributed by atoms with Crippen molar-refractivity contribution >= 4 is 12.4 Å². The van der Waals surface area contributed by atoms with E-state index in [0.717, 1.165) is 0 Å². The Balaban J connectivity index is 0. The van der Waals surface area contributed by atoms with E-state index < -0.39 is 12.8 Å². The van der Waals surface area contributed by atoms with Gasteiger partial charge in [0.1, 0.15) is 0 Å². The molecule has 52 valence electrons. The van der Waals surface area contributed by atoms with Gasteiger partial charge in [0.05, 0.1) is 0 Å². The summed E-state index contributed by atoms with van der Waals surface area (Å²) in [5, 5.41) is 0. The van der Waals surface area contributed by atoms with Crippen LogP contribution in [-0.2, 0) is 4.94 Å². The van der Waals surface area contributed by atoms with Gasteiger partial charge in [0, 0.05) is 0 Å². The largest absolute Gasteiger partial charge is 0.415 e. The number of hydrogen-bond donors (Lipinski definition) is 0. The van der Waals surface area contributed by atoms with Gasteiger partial charge in [-0.15, -0.1) is 12.4 Å². The molecule has 0 fully saturated rings. The summed E-state index contributed by atoms with van der Waals surface area (Å²) in [4.78, 5) is 2.28. The maximum absolute atomic E-state index is 10.7. The Hall–Kier alpha value is -0.0300. The van der Waals surface area contributed by atoms with Gasteiger partial charge in [-0.3, -0.25) is 0 Å². The summed E-state index contributed by atoms with van der Waals surface area (Å²) in [6, 6.07) is 0. The van der Waals surface area contributed by atoms with Crippen molar-refractivity contribution in [3.05, 3.63) is 0 Å². The van der Waals surface area contributed by atoms with Crippen molar-refractivity contribution < 1.29 is 22.6 Å². The number of halogens is 5. The minimum Gasteiger partial charge on any atom is -0.185 e. The summed E-state index contributed by atoms with van der Waals surface area (Å²) in [7, 11) is 0. The van der Waals surface area contributed by atoms with Crippen molar-refractivity contribution in [3.8, 4) is 0 Å². The Bertz CT molecular complexity index is 52.5. The van der Waals surface area contributed by atoms with Crippen LogP contribution in [0.1, 0.15) is 0 Å². The molecule has 0 saturated heterocycles. The van der Waals surface area contributed by atoms with Crippen molar-refractivity contribution in [1.82, 2.24) is 0 Å². The Morgan fingerprint density at radius 3 is 1.62 bits per heavy atom. The SMILES string of the molecule is Cl.FOCC(F)(F)F. The van der Waals surface area contributed by atoms with Gasteiger partial charge in [-0.05, 0) is 4.53 Å². The molecule has 0 atom stereocenters. The summed E-state index contributed by atoms with van der Waals surface area (Å²) in [6.07, 6.45) is -4.55.